The van der Waals surface area contributed by atoms with Crippen LogP contribution < -0.4 is 5.32 Å². The van der Waals surface area contributed by atoms with Gasteiger partial charge in [-0.3, -0.25) is 4.79 Å². The molecule has 0 spiro atoms. The number of methoxy groups -OCH3 is 1. The van der Waals surface area contributed by atoms with Gasteiger partial charge in [0.1, 0.15) is 5.69 Å². The summed E-state index contributed by atoms with van der Waals surface area (Å²) >= 11 is 1.29. The summed E-state index contributed by atoms with van der Waals surface area (Å²) in [6, 6.07) is 12.3. The Labute approximate surface area is 134 Å². The van der Waals surface area contributed by atoms with Gasteiger partial charge in [-0.25, -0.2) is 0 Å². The molecule has 5 heteroatoms. The molecule has 1 aromatic carbocycles. The first-order valence-corrected chi connectivity index (χ1v) is 8.40. The molecule has 3 atom stereocenters. The molecule has 1 fully saturated rings. The van der Waals surface area contributed by atoms with Gasteiger partial charge in [-0.15, -0.1) is 0 Å². The third-order valence-corrected chi connectivity index (χ3v) is 4.91. The Morgan fingerprint density at radius 3 is 2.77 bits per heavy atom. The summed E-state index contributed by atoms with van der Waals surface area (Å²) in [4.78, 5) is 12.2. The maximum absolute atomic E-state index is 12.2. The second-order valence-corrected chi connectivity index (χ2v) is 6.33. The van der Waals surface area contributed by atoms with Crippen molar-refractivity contribution < 1.29 is 9.53 Å². The van der Waals surface area contributed by atoms with Crippen molar-refractivity contribution in [1.82, 2.24) is 9.69 Å². The minimum atomic E-state index is -0.105. The molecule has 0 saturated heterocycles. The Balaban J connectivity index is 1.64. The highest BCUT2D eigenvalue weighted by molar-refractivity contribution is 7.03. The van der Waals surface area contributed by atoms with Crippen molar-refractivity contribution in [1.29, 1.82) is 0 Å². The molecule has 22 heavy (non-hydrogen) atoms. The lowest BCUT2D eigenvalue weighted by molar-refractivity contribution is 0.0329. The number of rotatable bonds is 4. The van der Waals surface area contributed by atoms with E-state index in [1.807, 2.05) is 11.4 Å². The normalized spacial score (nSPS) is 24.9. The van der Waals surface area contributed by atoms with Gasteiger partial charge in [0.05, 0.1) is 12.1 Å². The van der Waals surface area contributed by atoms with E-state index in [0.717, 1.165) is 19.3 Å². The van der Waals surface area contributed by atoms with E-state index in [9.17, 15) is 4.79 Å². The fraction of sp³-hybridized carbons (Fsp3) is 0.412. The van der Waals surface area contributed by atoms with Gasteiger partial charge in [-0.2, -0.15) is 4.37 Å². The maximum Gasteiger partial charge on any atom is 0.271 e. The smallest absolute Gasteiger partial charge is 0.271 e. The molecule has 0 bridgehead atoms. The highest BCUT2D eigenvalue weighted by Crippen LogP contribution is 2.34. The molecular formula is C17H20N2O2S. The number of benzene rings is 1. The summed E-state index contributed by atoms with van der Waals surface area (Å²) in [5.74, 6) is 0.394. The molecule has 1 amide bonds. The molecule has 1 saturated carbocycles. The van der Waals surface area contributed by atoms with Crippen LogP contribution in [0.1, 0.15) is 41.2 Å². The van der Waals surface area contributed by atoms with Crippen LogP contribution in [0.5, 0.6) is 0 Å². The predicted octanol–water partition coefficient (Wildman–Crippen LogP) is 3.22. The lowest BCUT2D eigenvalue weighted by atomic mass is 9.80. The van der Waals surface area contributed by atoms with E-state index in [1.54, 1.807) is 13.2 Å². The van der Waals surface area contributed by atoms with Crippen LogP contribution in [0.15, 0.2) is 41.8 Å². The van der Waals surface area contributed by atoms with E-state index in [4.69, 9.17) is 4.74 Å². The second kappa shape index (κ2) is 7.03. The van der Waals surface area contributed by atoms with Crippen LogP contribution in [0.4, 0.5) is 0 Å². The molecule has 3 unspecified atom stereocenters. The Morgan fingerprint density at radius 1 is 1.27 bits per heavy atom. The zero-order chi connectivity index (χ0) is 15.4. The number of aromatic nitrogens is 1. The number of carbonyl (C=O) groups excluding carboxylic acids is 1. The molecule has 1 N–H and O–H groups in total. The molecule has 2 aromatic rings. The quantitative estimate of drug-likeness (QED) is 0.942. The minimum Gasteiger partial charge on any atom is -0.379 e. The first-order chi connectivity index (χ1) is 10.8. The predicted molar refractivity (Wildman–Crippen MR) is 87.2 cm³/mol. The van der Waals surface area contributed by atoms with Crippen LogP contribution in [-0.2, 0) is 4.74 Å². The first-order valence-electron chi connectivity index (χ1n) is 7.57. The topological polar surface area (TPSA) is 51.2 Å². The van der Waals surface area contributed by atoms with Gasteiger partial charge >= 0.3 is 0 Å². The van der Waals surface area contributed by atoms with E-state index >= 15 is 0 Å². The summed E-state index contributed by atoms with van der Waals surface area (Å²) in [5, 5.41) is 4.89. The highest BCUT2D eigenvalue weighted by Gasteiger charge is 2.32. The number of hydrogen-bond donors (Lipinski definition) is 1. The van der Waals surface area contributed by atoms with E-state index in [-0.39, 0.29) is 18.1 Å². The van der Waals surface area contributed by atoms with Crippen LogP contribution in [0.25, 0.3) is 0 Å². The third-order valence-electron chi connectivity index (χ3n) is 4.35. The van der Waals surface area contributed by atoms with Crippen molar-refractivity contribution in [3.8, 4) is 0 Å². The van der Waals surface area contributed by atoms with Crippen molar-refractivity contribution in [2.45, 2.75) is 37.3 Å². The summed E-state index contributed by atoms with van der Waals surface area (Å²) < 4.78 is 9.73. The van der Waals surface area contributed by atoms with Crippen LogP contribution in [0.3, 0.4) is 0 Å². The van der Waals surface area contributed by atoms with Gasteiger partial charge in [0.25, 0.3) is 5.91 Å². The maximum atomic E-state index is 12.2. The number of carbonyl (C=O) groups is 1. The number of nitrogens with one attached hydrogen (secondary N) is 1. The van der Waals surface area contributed by atoms with Crippen LogP contribution in [0, 0.1) is 0 Å². The molecule has 4 nitrogen and oxygen atoms in total. The first kappa shape index (κ1) is 15.2. The lowest BCUT2D eigenvalue weighted by Crippen LogP contribution is -2.47. The second-order valence-electron chi connectivity index (χ2n) is 5.66. The molecular weight excluding hydrogens is 296 g/mol. The highest BCUT2D eigenvalue weighted by atomic mass is 32.1. The van der Waals surface area contributed by atoms with Crippen molar-refractivity contribution in [3.05, 3.63) is 53.0 Å². The van der Waals surface area contributed by atoms with Gasteiger partial charge in [0, 0.05) is 12.5 Å². The van der Waals surface area contributed by atoms with Gasteiger partial charge in [0.15, 0.2) is 0 Å². The third kappa shape index (κ3) is 3.36. The van der Waals surface area contributed by atoms with Gasteiger partial charge in [0.2, 0.25) is 0 Å². The Bertz CT molecular complexity index is 600. The number of hydrogen-bond acceptors (Lipinski definition) is 4. The fourth-order valence-corrected chi connectivity index (χ4v) is 3.66. The standard InChI is InChI=1S/C17H20N2O2S/c1-21-16-11-13(12-5-3-2-4-6-12)7-8-14(16)18-17(20)15-9-10-22-19-15/h2-6,9-10,13-14,16H,7-8,11H2,1H3,(H,18,20). The van der Waals surface area contributed by atoms with Crippen molar-refractivity contribution in [2.75, 3.05) is 7.11 Å². The minimum absolute atomic E-state index is 0.0431. The van der Waals surface area contributed by atoms with E-state index in [2.05, 4.69) is 34.0 Å². The molecule has 116 valence electrons. The summed E-state index contributed by atoms with van der Waals surface area (Å²) in [7, 11) is 1.72. The van der Waals surface area contributed by atoms with Crippen molar-refractivity contribution in [3.63, 3.8) is 0 Å². The fourth-order valence-electron chi connectivity index (χ4n) is 3.15. The van der Waals surface area contributed by atoms with Crippen molar-refractivity contribution >= 4 is 17.4 Å². The number of amides is 1. The molecule has 0 aliphatic heterocycles. The average Bonchev–Trinajstić information content (AvgIpc) is 3.10. The molecule has 0 radical (unpaired) electrons. The van der Waals surface area contributed by atoms with Gasteiger partial charge < -0.3 is 10.1 Å². The SMILES string of the molecule is COC1CC(c2ccccc2)CCC1NC(=O)c1ccsn1. The number of ether oxygens (including phenoxy) is 1. The lowest BCUT2D eigenvalue weighted by Gasteiger charge is -2.35. The van der Waals surface area contributed by atoms with E-state index in [1.165, 1.54) is 17.1 Å². The van der Waals surface area contributed by atoms with Gasteiger partial charge in [-0.1, -0.05) is 30.3 Å². The van der Waals surface area contributed by atoms with Crippen LogP contribution in [0.2, 0.25) is 0 Å². The van der Waals surface area contributed by atoms with Crippen LogP contribution >= 0.6 is 11.5 Å². The van der Waals surface area contributed by atoms with E-state index < -0.39 is 0 Å². The Morgan fingerprint density at radius 2 is 2.09 bits per heavy atom. The zero-order valence-corrected chi connectivity index (χ0v) is 13.4. The molecule has 3 rings (SSSR count). The van der Waals surface area contributed by atoms with Gasteiger partial charge in [-0.05, 0) is 48.3 Å². The zero-order valence-electron chi connectivity index (χ0n) is 12.6. The molecule has 1 aliphatic carbocycles. The summed E-state index contributed by atoms with van der Waals surface area (Å²) in [5.41, 5.74) is 1.85. The average molecular weight is 316 g/mol. The largest absolute Gasteiger partial charge is 0.379 e. The Kier molecular flexibility index (Phi) is 4.85. The monoisotopic (exact) mass is 316 g/mol. The van der Waals surface area contributed by atoms with E-state index in [0.29, 0.717) is 11.6 Å². The van der Waals surface area contributed by atoms with Crippen molar-refractivity contribution in [2.24, 2.45) is 0 Å². The summed E-state index contributed by atoms with van der Waals surface area (Å²) in [6.07, 6.45) is 2.96. The van der Waals surface area contributed by atoms with Crippen LogP contribution in [-0.4, -0.2) is 29.5 Å². The molecule has 1 aliphatic rings. The molecule has 1 heterocycles. The molecule has 1 aromatic heterocycles. The number of nitrogens with zero attached hydrogens (tertiary/aromatic N) is 1. The Hall–Kier alpha value is -1.72. The summed E-state index contributed by atoms with van der Waals surface area (Å²) in [6.45, 7) is 0.